The lowest BCUT2D eigenvalue weighted by Crippen LogP contribution is -2.47. The fourth-order valence-corrected chi connectivity index (χ4v) is 2.65. The van der Waals surface area contributed by atoms with Crippen molar-refractivity contribution in [3.05, 3.63) is 0 Å². The van der Waals surface area contributed by atoms with Crippen LogP contribution in [0.5, 0.6) is 0 Å². The standard InChI is InChI=1S/C8H13F3N2O2S/c9-8(10,11)5-12-7(14)13-6-1-3-16(15)4-2-6/h6H,1-5H2,(H2,12,13,14). The van der Waals surface area contributed by atoms with E-state index in [9.17, 15) is 22.2 Å². The molecule has 0 atom stereocenters. The van der Waals surface area contributed by atoms with Gasteiger partial charge in [-0.3, -0.25) is 4.21 Å². The lowest BCUT2D eigenvalue weighted by atomic mass is 10.2. The molecule has 1 aliphatic heterocycles. The quantitative estimate of drug-likeness (QED) is 0.768. The maximum Gasteiger partial charge on any atom is 0.405 e. The van der Waals surface area contributed by atoms with Crippen LogP contribution in [-0.2, 0) is 10.8 Å². The third-order valence-corrected chi connectivity index (χ3v) is 3.55. The Kier molecular flexibility index (Phi) is 4.57. The molecule has 0 radical (unpaired) electrons. The van der Waals surface area contributed by atoms with E-state index in [4.69, 9.17) is 0 Å². The molecular weight excluding hydrogens is 245 g/mol. The zero-order valence-corrected chi connectivity index (χ0v) is 9.29. The van der Waals surface area contributed by atoms with Crippen LogP contribution in [0.1, 0.15) is 12.8 Å². The highest BCUT2D eigenvalue weighted by molar-refractivity contribution is 7.85. The normalized spacial score (nSPS) is 26.2. The molecule has 0 aromatic rings. The second kappa shape index (κ2) is 5.51. The average molecular weight is 258 g/mol. The first kappa shape index (κ1) is 13.3. The summed E-state index contributed by atoms with van der Waals surface area (Å²) in [6.45, 7) is -1.34. The molecule has 1 fully saturated rings. The van der Waals surface area contributed by atoms with Gasteiger partial charge in [0.05, 0.1) is 0 Å². The summed E-state index contributed by atoms with van der Waals surface area (Å²) in [7, 11) is -0.845. The predicted molar refractivity (Wildman–Crippen MR) is 53.5 cm³/mol. The van der Waals surface area contributed by atoms with Gasteiger partial charge in [0, 0.05) is 28.3 Å². The number of hydrogen-bond acceptors (Lipinski definition) is 2. The first-order chi connectivity index (χ1) is 7.37. The van der Waals surface area contributed by atoms with Crippen LogP contribution in [0.15, 0.2) is 0 Å². The summed E-state index contributed by atoms with van der Waals surface area (Å²) in [4.78, 5) is 11.0. The van der Waals surface area contributed by atoms with E-state index in [0.29, 0.717) is 24.3 Å². The number of amides is 2. The van der Waals surface area contributed by atoms with Crippen LogP contribution in [0.2, 0.25) is 0 Å². The highest BCUT2D eigenvalue weighted by atomic mass is 32.2. The minimum absolute atomic E-state index is 0.175. The topological polar surface area (TPSA) is 58.2 Å². The summed E-state index contributed by atoms with van der Waals surface area (Å²) in [5.74, 6) is 0.981. The molecule has 4 nitrogen and oxygen atoms in total. The van der Waals surface area contributed by atoms with E-state index >= 15 is 0 Å². The van der Waals surface area contributed by atoms with Crippen molar-refractivity contribution in [1.29, 1.82) is 0 Å². The monoisotopic (exact) mass is 258 g/mol. The molecule has 16 heavy (non-hydrogen) atoms. The van der Waals surface area contributed by atoms with Crippen molar-refractivity contribution in [3.8, 4) is 0 Å². The zero-order chi connectivity index (χ0) is 12.2. The lowest BCUT2D eigenvalue weighted by molar-refractivity contribution is -0.122. The second-order valence-corrected chi connectivity index (χ2v) is 5.26. The van der Waals surface area contributed by atoms with E-state index in [0.717, 1.165) is 0 Å². The number of carbonyl (C=O) groups excluding carboxylic acids is 1. The van der Waals surface area contributed by atoms with Gasteiger partial charge in [-0.1, -0.05) is 0 Å². The number of rotatable bonds is 2. The highest BCUT2D eigenvalue weighted by Crippen LogP contribution is 2.12. The Balaban J connectivity index is 2.22. The molecular formula is C8H13F3N2O2S. The van der Waals surface area contributed by atoms with Crippen molar-refractivity contribution in [3.63, 3.8) is 0 Å². The van der Waals surface area contributed by atoms with Crippen molar-refractivity contribution in [2.24, 2.45) is 0 Å². The van der Waals surface area contributed by atoms with Gasteiger partial charge in [-0.2, -0.15) is 13.2 Å². The molecule has 0 spiro atoms. The van der Waals surface area contributed by atoms with Crippen molar-refractivity contribution in [1.82, 2.24) is 10.6 Å². The summed E-state index contributed by atoms with van der Waals surface area (Å²) in [6.07, 6.45) is -3.30. The first-order valence-corrected chi connectivity index (χ1v) is 6.32. The number of hydrogen-bond donors (Lipinski definition) is 2. The fourth-order valence-electron chi connectivity index (χ4n) is 1.36. The molecule has 0 unspecified atom stereocenters. The SMILES string of the molecule is O=C(NCC(F)(F)F)NC1CCS(=O)CC1. The van der Waals surface area contributed by atoms with Crippen molar-refractivity contribution < 1.29 is 22.2 Å². The van der Waals surface area contributed by atoms with E-state index in [2.05, 4.69) is 5.32 Å². The molecule has 0 bridgehead atoms. The van der Waals surface area contributed by atoms with Crippen LogP contribution in [0.25, 0.3) is 0 Å². The molecule has 0 aromatic carbocycles. The van der Waals surface area contributed by atoms with Crippen LogP contribution in [0.3, 0.4) is 0 Å². The number of halogens is 3. The molecule has 1 aliphatic rings. The molecule has 0 aromatic heterocycles. The van der Waals surface area contributed by atoms with Gasteiger partial charge >= 0.3 is 12.2 Å². The summed E-state index contributed by atoms with van der Waals surface area (Å²) < 4.78 is 46.3. The minimum atomic E-state index is -4.40. The Morgan fingerprint density at radius 1 is 1.31 bits per heavy atom. The molecule has 1 rings (SSSR count). The smallest absolute Gasteiger partial charge is 0.335 e. The minimum Gasteiger partial charge on any atom is -0.335 e. The molecule has 1 saturated heterocycles. The van der Waals surface area contributed by atoms with Gasteiger partial charge in [-0.05, 0) is 12.8 Å². The number of carbonyl (C=O) groups is 1. The van der Waals surface area contributed by atoms with Gasteiger partial charge in [0.15, 0.2) is 0 Å². The molecule has 8 heteroatoms. The van der Waals surface area contributed by atoms with E-state index in [-0.39, 0.29) is 6.04 Å². The third-order valence-electron chi connectivity index (χ3n) is 2.17. The second-order valence-electron chi connectivity index (χ2n) is 3.56. The summed E-state index contributed by atoms with van der Waals surface area (Å²) >= 11 is 0. The highest BCUT2D eigenvalue weighted by Gasteiger charge is 2.28. The number of urea groups is 1. The molecule has 2 amide bonds. The van der Waals surface area contributed by atoms with Crippen molar-refractivity contribution >= 4 is 16.8 Å². The van der Waals surface area contributed by atoms with E-state index in [1.165, 1.54) is 0 Å². The first-order valence-electron chi connectivity index (χ1n) is 4.83. The van der Waals surface area contributed by atoms with Gasteiger partial charge in [-0.15, -0.1) is 0 Å². The summed E-state index contributed by atoms with van der Waals surface area (Å²) in [5.41, 5.74) is 0. The van der Waals surface area contributed by atoms with Crippen LogP contribution in [0, 0.1) is 0 Å². The Morgan fingerprint density at radius 2 is 1.88 bits per heavy atom. The van der Waals surface area contributed by atoms with Gasteiger partial charge in [0.1, 0.15) is 6.54 Å². The van der Waals surface area contributed by atoms with Crippen molar-refractivity contribution in [2.75, 3.05) is 18.1 Å². The maximum absolute atomic E-state index is 11.8. The molecule has 1 heterocycles. The Bertz CT molecular complexity index is 273. The van der Waals surface area contributed by atoms with Crippen LogP contribution >= 0.6 is 0 Å². The Morgan fingerprint density at radius 3 is 2.38 bits per heavy atom. The van der Waals surface area contributed by atoms with Crippen LogP contribution in [0.4, 0.5) is 18.0 Å². The summed E-state index contributed by atoms with van der Waals surface area (Å²) in [5, 5.41) is 4.16. The molecule has 0 aliphatic carbocycles. The molecule has 2 N–H and O–H groups in total. The van der Waals surface area contributed by atoms with E-state index in [1.54, 1.807) is 5.32 Å². The third kappa shape index (κ3) is 5.34. The van der Waals surface area contributed by atoms with Crippen LogP contribution < -0.4 is 10.6 Å². The largest absolute Gasteiger partial charge is 0.405 e. The van der Waals surface area contributed by atoms with Crippen LogP contribution in [-0.4, -0.2) is 40.5 Å². The number of alkyl halides is 3. The molecule has 94 valence electrons. The lowest BCUT2D eigenvalue weighted by Gasteiger charge is -2.22. The van der Waals surface area contributed by atoms with Gasteiger partial charge in [0.25, 0.3) is 0 Å². The van der Waals surface area contributed by atoms with Gasteiger partial charge < -0.3 is 10.6 Å². The maximum atomic E-state index is 11.8. The Hall–Kier alpha value is -0.790. The predicted octanol–water partition coefficient (Wildman–Crippen LogP) is 0.759. The number of nitrogens with one attached hydrogen (secondary N) is 2. The van der Waals surface area contributed by atoms with Crippen molar-refractivity contribution in [2.45, 2.75) is 25.1 Å². The molecule has 0 saturated carbocycles. The zero-order valence-electron chi connectivity index (χ0n) is 8.47. The fraction of sp³-hybridized carbons (Fsp3) is 0.875. The van der Waals surface area contributed by atoms with Gasteiger partial charge in [0.2, 0.25) is 0 Å². The van der Waals surface area contributed by atoms with E-state index < -0.39 is 29.6 Å². The van der Waals surface area contributed by atoms with E-state index in [1.807, 2.05) is 0 Å². The van der Waals surface area contributed by atoms with Gasteiger partial charge in [-0.25, -0.2) is 4.79 Å². The Labute approximate surface area is 93.4 Å². The average Bonchev–Trinajstić information content (AvgIpc) is 2.18. The summed E-state index contributed by atoms with van der Waals surface area (Å²) in [6, 6.07) is -0.999.